The van der Waals surface area contributed by atoms with E-state index in [-0.39, 0.29) is 18.2 Å². The van der Waals surface area contributed by atoms with Crippen molar-refractivity contribution in [2.45, 2.75) is 39.2 Å². The standard InChI is InChI=1S/C15H20N2O2/c1-3-5-11-6-8-12(9-7-11)16-13-10-14(18)17(4-2)15(13)19/h6-9,13,16H,3-5,10H2,1-2H3. The number of rotatable bonds is 5. The van der Waals surface area contributed by atoms with Gasteiger partial charge in [0.05, 0.1) is 6.42 Å². The monoisotopic (exact) mass is 260 g/mol. The Hall–Kier alpha value is -1.84. The van der Waals surface area contributed by atoms with Gasteiger partial charge in [0.1, 0.15) is 6.04 Å². The van der Waals surface area contributed by atoms with Crippen molar-refractivity contribution in [3.05, 3.63) is 29.8 Å². The van der Waals surface area contributed by atoms with Gasteiger partial charge in [0.25, 0.3) is 5.91 Å². The lowest BCUT2D eigenvalue weighted by Gasteiger charge is -2.14. The van der Waals surface area contributed by atoms with Gasteiger partial charge in [-0.15, -0.1) is 0 Å². The Morgan fingerprint density at radius 3 is 2.42 bits per heavy atom. The summed E-state index contributed by atoms with van der Waals surface area (Å²) in [4.78, 5) is 24.9. The van der Waals surface area contributed by atoms with Crippen LogP contribution in [0, 0.1) is 0 Å². The largest absolute Gasteiger partial charge is 0.373 e. The van der Waals surface area contributed by atoms with Crippen molar-refractivity contribution in [2.75, 3.05) is 11.9 Å². The molecule has 1 aliphatic heterocycles. The molecule has 4 nitrogen and oxygen atoms in total. The molecule has 0 spiro atoms. The van der Waals surface area contributed by atoms with Gasteiger partial charge in [-0.05, 0) is 31.0 Å². The van der Waals surface area contributed by atoms with Crippen LogP contribution in [0.25, 0.3) is 0 Å². The third kappa shape index (κ3) is 2.95. The van der Waals surface area contributed by atoms with E-state index in [9.17, 15) is 9.59 Å². The summed E-state index contributed by atoms with van der Waals surface area (Å²) in [5.74, 6) is -0.210. The number of carbonyl (C=O) groups excluding carboxylic acids is 2. The normalized spacial score (nSPS) is 19.1. The minimum Gasteiger partial charge on any atom is -0.373 e. The first-order valence-electron chi connectivity index (χ1n) is 6.85. The molecule has 0 saturated carbocycles. The first kappa shape index (κ1) is 13.6. The molecule has 0 aliphatic carbocycles. The van der Waals surface area contributed by atoms with Crippen LogP contribution in [0.15, 0.2) is 24.3 Å². The van der Waals surface area contributed by atoms with Crippen molar-refractivity contribution in [1.82, 2.24) is 4.90 Å². The minimum atomic E-state index is -0.413. The zero-order valence-corrected chi connectivity index (χ0v) is 11.5. The number of likely N-dealkylation sites (tertiary alicyclic amines) is 1. The highest BCUT2D eigenvalue weighted by atomic mass is 16.2. The number of amides is 2. The molecule has 1 heterocycles. The molecule has 1 fully saturated rings. The van der Waals surface area contributed by atoms with Crippen molar-refractivity contribution < 1.29 is 9.59 Å². The van der Waals surface area contributed by atoms with E-state index in [0.717, 1.165) is 18.5 Å². The number of imide groups is 1. The molecule has 2 amide bonds. The fraction of sp³-hybridized carbons (Fsp3) is 0.467. The smallest absolute Gasteiger partial charge is 0.252 e. The molecule has 19 heavy (non-hydrogen) atoms. The second-order valence-corrected chi connectivity index (χ2v) is 4.82. The Labute approximate surface area is 113 Å². The van der Waals surface area contributed by atoms with Gasteiger partial charge < -0.3 is 5.32 Å². The lowest BCUT2D eigenvalue weighted by Crippen LogP contribution is -2.34. The Bertz CT molecular complexity index is 468. The summed E-state index contributed by atoms with van der Waals surface area (Å²) in [6, 6.07) is 7.65. The number of benzene rings is 1. The zero-order chi connectivity index (χ0) is 13.8. The quantitative estimate of drug-likeness (QED) is 0.826. The number of anilines is 1. The maximum atomic E-state index is 12.0. The van der Waals surface area contributed by atoms with Crippen LogP contribution in [0.2, 0.25) is 0 Å². The molecule has 1 aliphatic rings. The predicted octanol–water partition coefficient (Wildman–Crippen LogP) is 2.20. The van der Waals surface area contributed by atoms with Crippen LogP contribution < -0.4 is 5.32 Å². The van der Waals surface area contributed by atoms with E-state index in [0.29, 0.717) is 6.54 Å². The summed E-state index contributed by atoms with van der Waals surface area (Å²) in [5.41, 5.74) is 2.18. The van der Waals surface area contributed by atoms with E-state index in [4.69, 9.17) is 0 Å². The third-order valence-electron chi connectivity index (χ3n) is 3.39. The molecule has 0 radical (unpaired) electrons. The second-order valence-electron chi connectivity index (χ2n) is 4.82. The first-order valence-corrected chi connectivity index (χ1v) is 6.85. The molecule has 1 aromatic rings. The molecule has 0 aromatic heterocycles. The highest BCUT2D eigenvalue weighted by Gasteiger charge is 2.37. The van der Waals surface area contributed by atoms with Crippen molar-refractivity contribution in [1.29, 1.82) is 0 Å². The Morgan fingerprint density at radius 1 is 1.21 bits per heavy atom. The number of hydrogen-bond acceptors (Lipinski definition) is 3. The van der Waals surface area contributed by atoms with Crippen LogP contribution in [-0.2, 0) is 16.0 Å². The molecule has 1 aromatic carbocycles. The van der Waals surface area contributed by atoms with E-state index in [1.54, 1.807) is 0 Å². The lowest BCUT2D eigenvalue weighted by molar-refractivity contribution is -0.138. The van der Waals surface area contributed by atoms with E-state index in [1.807, 2.05) is 19.1 Å². The van der Waals surface area contributed by atoms with Gasteiger partial charge >= 0.3 is 0 Å². The molecule has 4 heteroatoms. The molecule has 1 saturated heterocycles. The number of carbonyl (C=O) groups is 2. The summed E-state index contributed by atoms with van der Waals surface area (Å²) in [6.07, 6.45) is 2.43. The van der Waals surface area contributed by atoms with E-state index in [1.165, 1.54) is 10.5 Å². The molecular weight excluding hydrogens is 240 g/mol. The van der Waals surface area contributed by atoms with Gasteiger partial charge in [-0.25, -0.2) is 0 Å². The van der Waals surface area contributed by atoms with Crippen LogP contribution in [0.4, 0.5) is 5.69 Å². The molecule has 1 unspecified atom stereocenters. The number of nitrogens with zero attached hydrogens (tertiary/aromatic N) is 1. The lowest BCUT2D eigenvalue weighted by atomic mass is 10.1. The zero-order valence-electron chi connectivity index (χ0n) is 11.5. The number of nitrogens with one attached hydrogen (secondary N) is 1. The predicted molar refractivity (Wildman–Crippen MR) is 74.9 cm³/mol. The van der Waals surface area contributed by atoms with Crippen molar-refractivity contribution in [3.63, 3.8) is 0 Å². The van der Waals surface area contributed by atoms with Gasteiger partial charge in [-0.1, -0.05) is 25.5 Å². The van der Waals surface area contributed by atoms with Gasteiger partial charge in [-0.3, -0.25) is 14.5 Å². The van der Waals surface area contributed by atoms with Gasteiger partial charge in [0, 0.05) is 12.2 Å². The summed E-state index contributed by atoms with van der Waals surface area (Å²) in [5, 5.41) is 3.14. The Balaban J connectivity index is 2.02. The number of hydrogen-bond donors (Lipinski definition) is 1. The van der Waals surface area contributed by atoms with Crippen molar-refractivity contribution >= 4 is 17.5 Å². The SMILES string of the molecule is CCCc1ccc(NC2CC(=O)N(CC)C2=O)cc1. The highest BCUT2D eigenvalue weighted by molar-refractivity contribution is 6.06. The van der Waals surface area contributed by atoms with Crippen LogP contribution in [0.3, 0.4) is 0 Å². The topological polar surface area (TPSA) is 49.4 Å². The van der Waals surface area contributed by atoms with E-state index >= 15 is 0 Å². The molecule has 1 atom stereocenters. The second kappa shape index (κ2) is 5.87. The molecule has 0 bridgehead atoms. The van der Waals surface area contributed by atoms with Gasteiger partial charge in [0.2, 0.25) is 5.91 Å². The average Bonchev–Trinajstić information content (AvgIpc) is 2.67. The summed E-state index contributed by atoms with van der Waals surface area (Å²) >= 11 is 0. The molecular formula is C15H20N2O2. The van der Waals surface area contributed by atoms with Gasteiger partial charge in [0.15, 0.2) is 0 Å². The van der Waals surface area contributed by atoms with Crippen LogP contribution >= 0.6 is 0 Å². The maximum absolute atomic E-state index is 12.0. The number of likely N-dealkylation sites (N-methyl/N-ethyl adjacent to an activating group) is 1. The first-order chi connectivity index (χ1) is 9.15. The van der Waals surface area contributed by atoms with Crippen LogP contribution in [-0.4, -0.2) is 29.3 Å². The third-order valence-corrected chi connectivity index (χ3v) is 3.39. The van der Waals surface area contributed by atoms with Crippen LogP contribution in [0.1, 0.15) is 32.3 Å². The number of aryl methyl sites for hydroxylation is 1. The average molecular weight is 260 g/mol. The minimum absolute atomic E-state index is 0.0902. The van der Waals surface area contributed by atoms with Crippen molar-refractivity contribution in [3.8, 4) is 0 Å². The van der Waals surface area contributed by atoms with Gasteiger partial charge in [-0.2, -0.15) is 0 Å². The summed E-state index contributed by atoms with van der Waals surface area (Å²) in [6.45, 7) is 4.41. The molecule has 2 rings (SSSR count). The highest BCUT2D eigenvalue weighted by Crippen LogP contribution is 2.19. The van der Waals surface area contributed by atoms with Crippen LogP contribution in [0.5, 0.6) is 0 Å². The fourth-order valence-corrected chi connectivity index (χ4v) is 2.39. The maximum Gasteiger partial charge on any atom is 0.252 e. The fourth-order valence-electron chi connectivity index (χ4n) is 2.39. The molecule has 102 valence electrons. The van der Waals surface area contributed by atoms with E-state index in [2.05, 4.69) is 24.4 Å². The summed E-state index contributed by atoms with van der Waals surface area (Å²) in [7, 11) is 0. The Morgan fingerprint density at radius 2 is 1.89 bits per heavy atom. The Kier molecular flexibility index (Phi) is 4.20. The molecule has 1 N–H and O–H groups in total. The van der Waals surface area contributed by atoms with Crippen molar-refractivity contribution in [2.24, 2.45) is 0 Å². The summed E-state index contributed by atoms with van der Waals surface area (Å²) < 4.78 is 0. The van der Waals surface area contributed by atoms with E-state index < -0.39 is 6.04 Å².